The van der Waals surface area contributed by atoms with E-state index in [1.165, 1.54) is 37.4 Å². The van der Waals surface area contributed by atoms with Crippen LogP contribution in [0.2, 0.25) is 5.02 Å². The van der Waals surface area contributed by atoms with Crippen LogP contribution in [-0.4, -0.2) is 104 Å². The number of hydrogen-bond donors (Lipinski definition) is 4. The van der Waals surface area contributed by atoms with Crippen LogP contribution < -0.4 is 16.0 Å². The van der Waals surface area contributed by atoms with Crippen LogP contribution in [0.15, 0.2) is 48.8 Å². The third-order valence-corrected chi connectivity index (χ3v) is 9.53. The van der Waals surface area contributed by atoms with Gasteiger partial charge in [-0.05, 0) is 42.8 Å². The number of rotatable bonds is 12. The minimum atomic E-state index is -4.93. The van der Waals surface area contributed by atoms with Crippen molar-refractivity contribution in [2.45, 2.75) is 25.9 Å². The second-order valence-corrected chi connectivity index (χ2v) is 13.4. The van der Waals surface area contributed by atoms with Crippen LogP contribution in [0.25, 0.3) is 16.9 Å². The van der Waals surface area contributed by atoms with Crippen LogP contribution >= 0.6 is 11.6 Å². The molecule has 0 bridgehead atoms. The molecule has 2 aromatic heterocycles. The van der Waals surface area contributed by atoms with Gasteiger partial charge in [-0.2, -0.15) is 18.3 Å². The monoisotopic (exact) mass is 776 g/mol. The van der Waals surface area contributed by atoms with Gasteiger partial charge in [0.15, 0.2) is 23.9 Å². The average Bonchev–Trinajstić information content (AvgIpc) is 3.72. The summed E-state index contributed by atoms with van der Waals surface area (Å²) in [6, 6.07) is 7.71. The fourth-order valence-corrected chi connectivity index (χ4v) is 6.52. The maximum absolute atomic E-state index is 14.6. The van der Waals surface area contributed by atoms with E-state index in [-0.39, 0.29) is 76.5 Å². The first-order valence-electron chi connectivity index (χ1n) is 16.9. The number of nitrogens with zero attached hydrogens (tertiary/aromatic N) is 6. The van der Waals surface area contributed by atoms with Crippen molar-refractivity contribution in [1.82, 2.24) is 29.1 Å². The van der Waals surface area contributed by atoms with Gasteiger partial charge in [-0.1, -0.05) is 18.5 Å². The first-order chi connectivity index (χ1) is 25.5. The molecule has 1 aliphatic rings. The molecule has 288 valence electrons. The van der Waals surface area contributed by atoms with E-state index in [2.05, 4.69) is 15.4 Å². The van der Waals surface area contributed by atoms with Crippen molar-refractivity contribution in [3.8, 4) is 16.9 Å². The largest absolute Gasteiger partial charge is 0.477 e. The number of carboxylic acid groups (broad SMARTS) is 1. The lowest BCUT2D eigenvalue weighted by molar-refractivity contribution is -0.872. The van der Waals surface area contributed by atoms with Gasteiger partial charge in [0.2, 0.25) is 5.91 Å². The molecule has 2 aromatic carbocycles. The van der Waals surface area contributed by atoms with Gasteiger partial charge in [0.05, 0.1) is 41.6 Å². The highest BCUT2D eigenvalue weighted by Gasteiger charge is 2.39. The fourth-order valence-electron chi connectivity index (χ4n) is 6.26. The summed E-state index contributed by atoms with van der Waals surface area (Å²) in [6.07, 6.45) is -1.72. The highest BCUT2D eigenvalue weighted by atomic mass is 35.5. The van der Waals surface area contributed by atoms with E-state index in [1.54, 1.807) is 16.8 Å². The molecular weight excluding hydrogens is 738 g/mol. The van der Waals surface area contributed by atoms with Gasteiger partial charge >= 0.3 is 12.1 Å². The van der Waals surface area contributed by atoms with Gasteiger partial charge in [-0.15, -0.1) is 0 Å². The van der Waals surface area contributed by atoms with E-state index in [1.807, 2.05) is 6.92 Å². The van der Waals surface area contributed by atoms with Crippen LogP contribution in [-0.2, 0) is 22.8 Å². The van der Waals surface area contributed by atoms with Crippen molar-refractivity contribution in [2.75, 3.05) is 57.4 Å². The van der Waals surface area contributed by atoms with Crippen LogP contribution in [0.4, 0.5) is 28.9 Å². The van der Waals surface area contributed by atoms with Crippen LogP contribution in [0.3, 0.4) is 0 Å². The summed E-state index contributed by atoms with van der Waals surface area (Å²) in [6.45, 7) is 3.59. The number of carbonyl (C=O) groups excluding carboxylic acids is 3. The molecule has 5 N–H and O–H groups in total. The zero-order valence-electron chi connectivity index (χ0n) is 29.6. The van der Waals surface area contributed by atoms with Crippen LogP contribution in [0, 0.1) is 11.7 Å². The molecule has 1 saturated heterocycles. The minimum absolute atomic E-state index is 0.0323. The van der Waals surface area contributed by atoms with Crippen molar-refractivity contribution in [3.63, 3.8) is 0 Å². The number of amides is 3. The Hall–Kier alpha value is -5.49. The van der Waals surface area contributed by atoms with E-state index in [0.717, 1.165) is 32.6 Å². The normalized spacial score (nSPS) is 14.5. The number of nitrogens with one attached hydrogen (secondary N) is 2. The molecule has 0 spiro atoms. The lowest BCUT2D eigenvalue weighted by Crippen LogP contribution is -3.10. The molecule has 5 rings (SSSR count). The number of anilines is 2. The second-order valence-electron chi connectivity index (χ2n) is 13.0. The predicted octanol–water partition coefficient (Wildman–Crippen LogP) is 3.22. The number of nitrogens with two attached hydrogens (primary N) is 1. The highest BCUT2D eigenvalue weighted by Crippen LogP contribution is 2.37. The number of aliphatic carboxylic acids is 1. The standard InChI is InChI=1S/C35H38ClF4N9O5/c1-4-20(9-10-45(2)19-29(50)51)33(53)47-11-13-48(14-12-47)34(54)23-7-6-22(16-25(23)36)43-32(52)31-42-17-28(46(31)3)24-18-49(44-30(24)35(38,39)40)27-8-5-21(41)15-26(27)37/h5-8,15-18,20H,4,9-14,19,41H2,1-3H3,(H,43,52)(H,50,51)/p+1. The lowest BCUT2D eigenvalue weighted by atomic mass is 9.99. The quantitative estimate of drug-likeness (QED) is 0.126. The summed E-state index contributed by atoms with van der Waals surface area (Å²) < 4.78 is 58.6. The van der Waals surface area contributed by atoms with Crippen molar-refractivity contribution >= 4 is 46.7 Å². The Labute approximate surface area is 312 Å². The number of benzene rings is 2. The number of alkyl halides is 3. The van der Waals surface area contributed by atoms with E-state index in [9.17, 15) is 36.7 Å². The molecule has 14 nitrogen and oxygen atoms in total. The number of piperazine rings is 1. The van der Waals surface area contributed by atoms with Crippen LogP contribution in [0.5, 0.6) is 0 Å². The number of nitrogen functional groups attached to an aromatic ring is 1. The Balaban J connectivity index is 1.23. The smallest absolute Gasteiger partial charge is 0.435 e. The SMILES string of the molecule is CCC(CC[NH+](C)CC(=O)O)C(=O)N1CCN(C(=O)c2ccc(NC(=O)c3ncc(-c4cn(-c5ccc(N)cc5F)nc4C(F)(F)F)n3C)cc2Cl)CC1. The molecule has 1 aliphatic heterocycles. The number of carboxylic acids is 1. The van der Waals surface area contributed by atoms with Gasteiger partial charge in [0, 0.05) is 63.1 Å². The Morgan fingerprint density at radius 1 is 1.07 bits per heavy atom. The average molecular weight is 777 g/mol. The number of quaternary nitrogens is 1. The first kappa shape index (κ1) is 39.7. The molecule has 3 amide bonds. The molecule has 0 radical (unpaired) electrons. The molecule has 4 aromatic rings. The van der Waals surface area contributed by atoms with Crippen molar-refractivity contribution in [2.24, 2.45) is 13.0 Å². The van der Waals surface area contributed by atoms with Gasteiger partial charge < -0.3 is 35.4 Å². The van der Waals surface area contributed by atoms with Crippen molar-refractivity contribution < 1.29 is 46.7 Å². The number of carbonyl (C=O) groups is 4. The Kier molecular flexibility index (Phi) is 12.0. The summed E-state index contributed by atoms with van der Waals surface area (Å²) in [5.41, 5.74) is 3.84. The van der Waals surface area contributed by atoms with Crippen molar-refractivity contribution in [3.05, 3.63) is 76.7 Å². The molecule has 2 unspecified atom stereocenters. The number of hydrogen-bond acceptors (Lipinski definition) is 7. The topological polar surface area (TPSA) is 173 Å². The molecule has 0 aliphatic carbocycles. The van der Waals surface area contributed by atoms with Gasteiger partial charge in [0.1, 0.15) is 5.69 Å². The molecule has 0 saturated carbocycles. The summed E-state index contributed by atoms with van der Waals surface area (Å²) in [7, 11) is 3.11. The molecule has 19 heteroatoms. The Bertz CT molecular complexity index is 2060. The van der Waals surface area contributed by atoms with Gasteiger partial charge in [-0.25, -0.2) is 18.9 Å². The van der Waals surface area contributed by atoms with E-state index in [0.29, 0.717) is 32.5 Å². The highest BCUT2D eigenvalue weighted by molar-refractivity contribution is 6.34. The summed E-state index contributed by atoms with van der Waals surface area (Å²) in [4.78, 5) is 58.9. The minimum Gasteiger partial charge on any atom is -0.477 e. The van der Waals surface area contributed by atoms with E-state index in [4.69, 9.17) is 22.4 Å². The van der Waals surface area contributed by atoms with E-state index >= 15 is 0 Å². The Morgan fingerprint density at radius 2 is 1.76 bits per heavy atom. The van der Waals surface area contributed by atoms with E-state index < -0.39 is 35.1 Å². The molecule has 3 heterocycles. The first-order valence-corrected chi connectivity index (χ1v) is 17.3. The molecular formula is C35H39ClF4N9O5+. The maximum Gasteiger partial charge on any atom is 0.435 e. The van der Waals surface area contributed by atoms with Gasteiger partial charge in [-0.3, -0.25) is 14.4 Å². The fraction of sp³-hybridized carbons (Fsp3) is 0.371. The zero-order chi connectivity index (χ0) is 39.5. The number of halogens is 5. The summed E-state index contributed by atoms with van der Waals surface area (Å²) in [5.74, 6) is -3.50. The third-order valence-electron chi connectivity index (χ3n) is 9.22. The zero-order valence-corrected chi connectivity index (χ0v) is 30.3. The third kappa shape index (κ3) is 8.82. The molecule has 2 atom stereocenters. The van der Waals surface area contributed by atoms with Gasteiger partial charge in [0.25, 0.3) is 11.8 Å². The summed E-state index contributed by atoms with van der Waals surface area (Å²) in [5, 5.41) is 15.2. The van der Waals surface area contributed by atoms with Crippen LogP contribution in [0.1, 0.15) is 46.4 Å². The Morgan fingerprint density at radius 3 is 2.37 bits per heavy atom. The summed E-state index contributed by atoms with van der Waals surface area (Å²) >= 11 is 6.48. The maximum atomic E-state index is 14.6. The predicted molar refractivity (Wildman–Crippen MR) is 190 cm³/mol. The number of imidazole rings is 1. The number of likely N-dealkylation sites (N-methyl/N-ethyl adjacent to an activating group) is 1. The molecule has 54 heavy (non-hydrogen) atoms. The van der Waals surface area contributed by atoms with Crippen molar-refractivity contribution in [1.29, 1.82) is 0 Å². The lowest BCUT2D eigenvalue weighted by Gasteiger charge is -2.36. The second kappa shape index (κ2) is 16.3. The molecule has 1 fully saturated rings. The number of aromatic nitrogens is 4.